The van der Waals surface area contributed by atoms with Gasteiger partial charge < -0.3 is 9.64 Å². The molecule has 5 nitrogen and oxygen atoms in total. The fraction of sp³-hybridized carbons (Fsp3) is 0.238. The van der Waals surface area contributed by atoms with Crippen molar-refractivity contribution in [1.29, 1.82) is 0 Å². The monoisotopic (exact) mass is 379 g/mol. The summed E-state index contributed by atoms with van der Waals surface area (Å²) >= 11 is 1.68. The van der Waals surface area contributed by atoms with E-state index < -0.39 is 0 Å². The van der Waals surface area contributed by atoms with Gasteiger partial charge in [0.2, 0.25) is 5.91 Å². The number of benzene rings is 1. The molecule has 0 atom stereocenters. The number of rotatable bonds is 4. The van der Waals surface area contributed by atoms with Gasteiger partial charge in [0, 0.05) is 19.2 Å². The number of hydrogen-bond donors (Lipinski definition) is 0. The summed E-state index contributed by atoms with van der Waals surface area (Å²) in [5, 5.41) is 6.77. The molecule has 27 heavy (non-hydrogen) atoms. The first-order valence-corrected chi connectivity index (χ1v) is 9.82. The van der Waals surface area contributed by atoms with E-state index in [4.69, 9.17) is 9.84 Å². The molecule has 1 aliphatic heterocycles. The van der Waals surface area contributed by atoms with Crippen molar-refractivity contribution in [3.8, 4) is 16.3 Å². The fourth-order valence-corrected chi connectivity index (χ4v) is 3.86. The third-order valence-corrected chi connectivity index (χ3v) is 5.53. The number of carbonyl (C=O) groups is 1. The van der Waals surface area contributed by atoms with Gasteiger partial charge in [0.25, 0.3) is 0 Å². The molecule has 2 aromatic heterocycles. The third-order valence-electron chi connectivity index (χ3n) is 4.63. The largest absolute Gasteiger partial charge is 0.497 e. The van der Waals surface area contributed by atoms with E-state index in [0.717, 1.165) is 47.1 Å². The quantitative estimate of drug-likeness (QED) is 0.642. The second kappa shape index (κ2) is 7.80. The lowest BCUT2D eigenvalue weighted by molar-refractivity contribution is -0.126. The van der Waals surface area contributed by atoms with Gasteiger partial charge in [0.15, 0.2) is 0 Å². The van der Waals surface area contributed by atoms with Crippen LogP contribution in [0.15, 0.2) is 53.9 Å². The van der Waals surface area contributed by atoms with Crippen LogP contribution in [0.25, 0.3) is 16.6 Å². The Bertz CT molecular complexity index is 942. The normalized spacial score (nSPS) is 14.2. The predicted molar refractivity (Wildman–Crippen MR) is 108 cm³/mol. The van der Waals surface area contributed by atoms with Crippen molar-refractivity contribution in [2.75, 3.05) is 13.7 Å². The molecule has 0 bridgehead atoms. The van der Waals surface area contributed by atoms with Gasteiger partial charge in [0.05, 0.1) is 24.2 Å². The van der Waals surface area contributed by atoms with E-state index in [1.165, 1.54) is 0 Å². The number of fused-ring (bicyclic) bond motifs is 1. The predicted octanol–water partition coefficient (Wildman–Crippen LogP) is 4.07. The van der Waals surface area contributed by atoms with Crippen molar-refractivity contribution in [3.05, 3.63) is 65.2 Å². The van der Waals surface area contributed by atoms with Crippen LogP contribution in [0.4, 0.5) is 0 Å². The number of amides is 1. The standard InChI is InChI=1S/C21H21N3O2S/c1-26-18-8-5-16(6-9-18)7-10-21(25)23-11-3-12-24-17(15-23)14-19(22-24)20-4-2-13-27-20/h2,4-10,13-14H,3,11-12,15H2,1H3/b10-7+. The maximum atomic E-state index is 12.7. The lowest BCUT2D eigenvalue weighted by Gasteiger charge is -2.17. The van der Waals surface area contributed by atoms with Crippen molar-refractivity contribution in [3.63, 3.8) is 0 Å². The molecule has 0 N–H and O–H groups in total. The van der Waals surface area contributed by atoms with Gasteiger partial charge in [-0.3, -0.25) is 9.48 Å². The summed E-state index contributed by atoms with van der Waals surface area (Å²) in [6, 6.07) is 13.9. The van der Waals surface area contributed by atoms with Crippen molar-refractivity contribution < 1.29 is 9.53 Å². The molecule has 0 fully saturated rings. The summed E-state index contributed by atoms with van der Waals surface area (Å²) in [6.07, 6.45) is 4.40. The minimum atomic E-state index is 0.0261. The Morgan fingerprint density at radius 1 is 1.22 bits per heavy atom. The highest BCUT2D eigenvalue weighted by Gasteiger charge is 2.19. The molecule has 3 aromatic rings. The highest BCUT2D eigenvalue weighted by Crippen LogP contribution is 2.26. The maximum Gasteiger partial charge on any atom is 0.246 e. The topological polar surface area (TPSA) is 47.4 Å². The summed E-state index contributed by atoms with van der Waals surface area (Å²) in [4.78, 5) is 15.7. The van der Waals surface area contributed by atoms with Crippen LogP contribution in [-0.4, -0.2) is 34.2 Å². The molecule has 0 aliphatic carbocycles. The summed E-state index contributed by atoms with van der Waals surface area (Å²) in [5.41, 5.74) is 3.05. The van der Waals surface area contributed by atoms with E-state index in [1.54, 1.807) is 24.5 Å². The Kier molecular flexibility index (Phi) is 5.07. The number of aromatic nitrogens is 2. The first-order chi connectivity index (χ1) is 13.2. The van der Waals surface area contributed by atoms with E-state index in [9.17, 15) is 4.79 Å². The molecule has 3 heterocycles. The molecule has 0 unspecified atom stereocenters. The molecule has 138 valence electrons. The Morgan fingerprint density at radius 2 is 2.07 bits per heavy atom. The van der Waals surface area contributed by atoms with Crippen LogP contribution in [0.5, 0.6) is 5.75 Å². The maximum absolute atomic E-state index is 12.7. The summed E-state index contributed by atoms with van der Waals surface area (Å²) in [6.45, 7) is 2.17. The first-order valence-electron chi connectivity index (χ1n) is 8.94. The second-order valence-electron chi connectivity index (χ2n) is 6.44. The fourth-order valence-electron chi connectivity index (χ4n) is 3.18. The van der Waals surface area contributed by atoms with E-state index in [-0.39, 0.29) is 5.91 Å². The van der Waals surface area contributed by atoms with Crippen molar-refractivity contribution in [2.45, 2.75) is 19.5 Å². The summed E-state index contributed by atoms with van der Waals surface area (Å²) in [7, 11) is 1.64. The van der Waals surface area contributed by atoms with Crippen LogP contribution in [0, 0.1) is 0 Å². The van der Waals surface area contributed by atoms with E-state index >= 15 is 0 Å². The van der Waals surface area contributed by atoms with Gasteiger partial charge in [0.1, 0.15) is 11.4 Å². The molecule has 0 saturated carbocycles. The van der Waals surface area contributed by atoms with Gasteiger partial charge in [-0.15, -0.1) is 11.3 Å². The molecular weight excluding hydrogens is 358 g/mol. The lowest BCUT2D eigenvalue weighted by atomic mass is 10.2. The molecule has 0 spiro atoms. The number of carbonyl (C=O) groups excluding carboxylic acids is 1. The van der Waals surface area contributed by atoms with Gasteiger partial charge in [-0.05, 0) is 47.7 Å². The Labute approximate surface area is 162 Å². The van der Waals surface area contributed by atoms with Crippen LogP contribution in [0.2, 0.25) is 0 Å². The minimum Gasteiger partial charge on any atom is -0.497 e. The Balaban J connectivity index is 1.47. The molecule has 0 saturated heterocycles. The van der Waals surface area contributed by atoms with E-state index in [0.29, 0.717) is 6.54 Å². The summed E-state index contributed by atoms with van der Waals surface area (Å²) < 4.78 is 7.20. The highest BCUT2D eigenvalue weighted by molar-refractivity contribution is 7.13. The SMILES string of the molecule is COc1ccc(/C=C/C(=O)N2CCCn3nc(-c4cccs4)cc3C2)cc1. The molecule has 4 rings (SSSR count). The van der Waals surface area contributed by atoms with Crippen LogP contribution < -0.4 is 4.74 Å². The van der Waals surface area contributed by atoms with Crippen molar-refractivity contribution in [2.24, 2.45) is 0 Å². The number of nitrogens with zero attached hydrogens (tertiary/aromatic N) is 3. The van der Waals surface area contributed by atoms with Gasteiger partial charge in [-0.2, -0.15) is 5.10 Å². The second-order valence-corrected chi connectivity index (χ2v) is 7.39. The molecule has 1 amide bonds. The van der Waals surface area contributed by atoms with Gasteiger partial charge >= 0.3 is 0 Å². The zero-order valence-electron chi connectivity index (χ0n) is 15.2. The first kappa shape index (κ1) is 17.5. The third kappa shape index (κ3) is 3.95. The van der Waals surface area contributed by atoms with Crippen LogP contribution in [-0.2, 0) is 17.9 Å². The van der Waals surface area contributed by atoms with Crippen LogP contribution in [0.3, 0.4) is 0 Å². The Morgan fingerprint density at radius 3 is 2.81 bits per heavy atom. The van der Waals surface area contributed by atoms with Crippen molar-refractivity contribution >= 4 is 23.3 Å². The average Bonchev–Trinajstić information content (AvgIpc) is 3.32. The Hall–Kier alpha value is -2.86. The molecular formula is C21H21N3O2S. The zero-order chi connectivity index (χ0) is 18.6. The minimum absolute atomic E-state index is 0.0261. The smallest absolute Gasteiger partial charge is 0.246 e. The molecule has 1 aliphatic rings. The number of hydrogen-bond acceptors (Lipinski definition) is 4. The number of aryl methyl sites for hydroxylation is 1. The van der Waals surface area contributed by atoms with E-state index in [2.05, 4.69) is 17.5 Å². The number of thiophene rings is 1. The number of methoxy groups -OCH3 is 1. The molecule has 6 heteroatoms. The van der Waals surface area contributed by atoms with Crippen LogP contribution in [0.1, 0.15) is 17.7 Å². The van der Waals surface area contributed by atoms with E-state index in [1.807, 2.05) is 46.0 Å². The zero-order valence-corrected chi connectivity index (χ0v) is 16.0. The van der Waals surface area contributed by atoms with Crippen LogP contribution >= 0.6 is 11.3 Å². The van der Waals surface area contributed by atoms with Crippen molar-refractivity contribution in [1.82, 2.24) is 14.7 Å². The average molecular weight is 379 g/mol. The van der Waals surface area contributed by atoms with Gasteiger partial charge in [-0.25, -0.2) is 0 Å². The summed E-state index contributed by atoms with van der Waals surface area (Å²) in [5.74, 6) is 0.832. The molecule has 1 aromatic carbocycles. The molecule has 0 radical (unpaired) electrons. The van der Waals surface area contributed by atoms with Gasteiger partial charge in [-0.1, -0.05) is 18.2 Å². The highest BCUT2D eigenvalue weighted by atomic mass is 32.1. The number of ether oxygens (including phenoxy) is 1. The lowest BCUT2D eigenvalue weighted by Crippen LogP contribution is -2.29.